The predicted octanol–water partition coefficient (Wildman–Crippen LogP) is -3.54. The third-order valence-electron chi connectivity index (χ3n) is 0.347. The second-order valence-corrected chi connectivity index (χ2v) is 1.50. The van der Waals surface area contributed by atoms with Gasteiger partial charge in [-0.2, -0.15) is 0 Å². The van der Waals surface area contributed by atoms with Gasteiger partial charge in [0.05, 0.1) is 0 Å². The van der Waals surface area contributed by atoms with E-state index >= 15 is 0 Å². The number of thiol groups is 1. The maximum atomic E-state index is 10.0. The molecule has 0 amide bonds. The van der Waals surface area contributed by atoms with Gasteiger partial charge in [-0.25, -0.2) is 4.79 Å². The van der Waals surface area contributed by atoms with Crippen LogP contribution in [0.4, 0.5) is 0 Å². The first-order valence-electron chi connectivity index (χ1n) is 1.75. The number of carbonyl (C=O) groups is 2. The Hall–Kier alpha value is -0.00260. The van der Waals surface area contributed by atoms with Gasteiger partial charge in [0.2, 0.25) is 0 Å². The number of rotatable bonds is 0. The zero-order valence-electron chi connectivity index (χ0n) is 5.08. The van der Waals surface area contributed by atoms with Crippen molar-refractivity contribution in [2.45, 2.75) is 0 Å². The Morgan fingerprint density at radius 3 is 2.20 bits per heavy atom. The molecule has 10 heavy (non-hydrogen) atoms. The first kappa shape index (κ1) is 12.7. The molecular formula is C4HLiO3S2. The van der Waals surface area contributed by atoms with Crippen LogP contribution in [-0.2, 0) is 26.7 Å². The summed E-state index contributed by atoms with van der Waals surface area (Å²) < 4.78 is 3.69. The fourth-order valence-electron chi connectivity index (χ4n) is 0.125. The fourth-order valence-corrected chi connectivity index (χ4v) is 0.223. The van der Waals surface area contributed by atoms with Gasteiger partial charge in [-0.3, -0.25) is 4.79 Å². The molecule has 0 atom stereocenters. The molecule has 0 aromatic heterocycles. The van der Waals surface area contributed by atoms with Gasteiger partial charge >= 0.3 is 24.8 Å². The monoisotopic (exact) mass is 168 g/mol. The van der Waals surface area contributed by atoms with Crippen molar-refractivity contribution in [1.29, 1.82) is 0 Å². The van der Waals surface area contributed by atoms with Gasteiger partial charge in [-0.15, -0.1) is 0 Å². The van der Waals surface area contributed by atoms with Crippen LogP contribution >= 0.6 is 12.6 Å². The number of hydrogen-bond donors (Lipinski definition) is 1. The quantitative estimate of drug-likeness (QED) is 0.176. The van der Waals surface area contributed by atoms with Crippen LogP contribution in [0.5, 0.6) is 0 Å². The summed E-state index contributed by atoms with van der Waals surface area (Å²) in [4.78, 5) is 19.9. The fraction of sp³-hybridized carbons (Fsp3) is 0. The van der Waals surface area contributed by atoms with Gasteiger partial charge in [-0.1, -0.05) is 12.6 Å². The van der Waals surface area contributed by atoms with Crippen molar-refractivity contribution in [2.75, 3.05) is 0 Å². The van der Waals surface area contributed by atoms with Crippen LogP contribution in [-0.4, -0.2) is 11.1 Å². The van der Waals surface area contributed by atoms with Crippen molar-refractivity contribution in [2.24, 2.45) is 0 Å². The molecule has 0 spiro atoms. The summed E-state index contributed by atoms with van der Waals surface area (Å²) in [6, 6.07) is 0. The standard InChI is InChI=1S/C4H2O3S2.Li/c5-3(7-9)1-2-4(6)8;/h9H,(H,6,8);/q;+1/p-1. The van der Waals surface area contributed by atoms with Crippen molar-refractivity contribution >= 4 is 36.6 Å². The molecule has 0 N–H and O–H groups in total. The van der Waals surface area contributed by atoms with Crippen LogP contribution in [0.25, 0.3) is 0 Å². The van der Waals surface area contributed by atoms with E-state index in [0.717, 1.165) is 0 Å². The van der Waals surface area contributed by atoms with Crippen LogP contribution in [0.15, 0.2) is 0 Å². The van der Waals surface area contributed by atoms with E-state index in [1.807, 2.05) is 5.92 Å². The first-order valence-corrected chi connectivity index (χ1v) is 2.53. The van der Waals surface area contributed by atoms with Gasteiger partial charge in [0.15, 0.2) is 0 Å². The molecule has 0 saturated carbocycles. The molecule has 0 aromatic carbocycles. The maximum absolute atomic E-state index is 10.0. The summed E-state index contributed by atoms with van der Waals surface area (Å²) in [6.07, 6.45) is 0. The van der Waals surface area contributed by atoms with Crippen LogP contribution < -0.4 is 18.9 Å². The summed E-state index contributed by atoms with van der Waals surface area (Å²) in [5.74, 6) is 2.70. The molecule has 0 aliphatic carbocycles. The second kappa shape index (κ2) is 7.11. The zero-order chi connectivity index (χ0) is 7.28. The van der Waals surface area contributed by atoms with Gasteiger partial charge in [0, 0.05) is 5.92 Å². The molecule has 48 valence electrons. The SMILES string of the molecule is O=C(S)C#CC(=O)O[S-].[Li+]. The molecule has 3 nitrogen and oxygen atoms in total. The Balaban J connectivity index is 0. The minimum absolute atomic E-state index is 0. The van der Waals surface area contributed by atoms with Crippen molar-refractivity contribution in [1.82, 2.24) is 0 Å². The van der Waals surface area contributed by atoms with E-state index in [4.69, 9.17) is 0 Å². The molecule has 0 unspecified atom stereocenters. The van der Waals surface area contributed by atoms with E-state index in [-0.39, 0.29) is 18.9 Å². The summed E-state index contributed by atoms with van der Waals surface area (Å²) in [7, 11) is 0. The Kier molecular flexibility index (Phi) is 9.00. The van der Waals surface area contributed by atoms with E-state index in [2.05, 4.69) is 29.7 Å². The molecule has 0 aromatic rings. The third kappa shape index (κ3) is 8.00. The molecule has 0 bridgehead atoms. The number of carbonyl (C=O) groups excluding carboxylic acids is 2. The average Bonchev–Trinajstić information content (AvgIpc) is 1.83. The first-order chi connectivity index (χ1) is 4.16. The van der Waals surface area contributed by atoms with Crippen molar-refractivity contribution < 1.29 is 32.6 Å². The normalized spacial score (nSPS) is 6.20. The molecule has 0 saturated heterocycles. The Morgan fingerprint density at radius 2 is 1.90 bits per heavy atom. The summed E-state index contributed by atoms with van der Waals surface area (Å²) in [5.41, 5.74) is 0. The van der Waals surface area contributed by atoms with E-state index in [1.54, 1.807) is 5.92 Å². The van der Waals surface area contributed by atoms with E-state index in [1.165, 1.54) is 0 Å². The topological polar surface area (TPSA) is 43.4 Å². The van der Waals surface area contributed by atoms with Crippen molar-refractivity contribution in [3.8, 4) is 11.8 Å². The van der Waals surface area contributed by atoms with Crippen LogP contribution in [0.2, 0.25) is 0 Å². The largest absolute Gasteiger partial charge is 1.00 e. The van der Waals surface area contributed by atoms with Crippen molar-refractivity contribution in [3.63, 3.8) is 0 Å². The van der Waals surface area contributed by atoms with Gasteiger partial charge in [0.25, 0.3) is 5.12 Å². The Labute approximate surface area is 81.1 Å². The van der Waals surface area contributed by atoms with Crippen LogP contribution in [0.3, 0.4) is 0 Å². The second-order valence-electron chi connectivity index (χ2n) is 0.926. The maximum Gasteiger partial charge on any atom is 1.00 e. The average molecular weight is 168 g/mol. The third-order valence-corrected chi connectivity index (χ3v) is 0.610. The smallest absolute Gasteiger partial charge is 0.606 e. The Morgan fingerprint density at radius 1 is 1.40 bits per heavy atom. The van der Waals surface area contributed by atoms with E-state index < -0.39 is 11.1 Å². The van der Waals surface area contributed by atoms with Gasteiger partial charge in [0.1, 0.15) is 0 Å². The Bertz CT molecular complexity index is 192. The number of hydrogen-bond acceptors (Lipinski definition) is 4. The molecule has 6 heteroatoms. The molecule has 0 fully saturated rings. The van der Waals surface area contributed by atoms with Gasteiger partial charge in [-0.05, 0) is 5.92 Å². The van der Waals surface area contributed by atoms with Crippen LogP contribution in [0, 0.1) is 11.8 Å². The molecule has 0 heterocycles. The summed E-state index contributed by atoms with van der Waals surface area (Å²) >= 11 is 7.10. The summed E-state index contributed by atoms with van der Waals surface area (Å²) in [6.45, 7) is 0. The molecule has 0 aliphatic rings. The molecular weight excluding hydrogens is 167 g/mol. The molecule has 0 rings (SSSR count). The van der Waals surface area contributed by atoms with Crippen LogP contribution in [0.1, 0.15) is 0 Å². The minimum atomic E-state index is -0.924. The molecule has 0 aliphatic heterocycles. The van der Waals surface area contributed by atoms with Gasteiger partial charge < -0.3 is 17.1 Å². The molecule has 0 radical (unpaired) electrons. The zero-order valence-corrected chi connectivity index (χ0v) is 6.79. The predicted molar refractivity (Wildman–Crippen MR) is 35.2 cm³/mol. The van der Waals surface area contributed by atoms with E-state index in [0.29, 0.717) is 0 Å². The minimum Gasteiger partial charge on any atom is -0.606 e. The van der Waals surface area contributed by atoms with Crippen molar-refractivity contribution in [3.05, 3.63) is 0 Å². The summed E-state index contributed by atoms with van der Waals surface area (Å²) in [5, 5.41) is -0.699. The van der Waals surface area contributed by atoms with E-state index in [9.17, 15) is 9.59 Å².